The maximum absolute atomic E-state index is 3.61. The zero-order chi connectivity index (χ0) is 14.5. The summed E-state index contributed by atoms with van der Waals surface area (Å²) < 4.78 is 0. The van der Waals surface area contributed by atoms with E-state index in [9.17, 15) is 0 Å². The van der Waals surface area contributed by atoms with Gasteiger partial charge in [-0.2, -0.15) is 0 Å². The summed E-state index contributed by atoms with van der Waals surface area (Å²) in [7, 11) is 4.34. The second-order valence-electron chi connectivity index (χ2n) is 6.23. The Morgan fingerprint density at radius 3 is 2.70 bits per heavy atom. The lowest BCUT2D eigenvalue weighted by molar-refractivity contribution is 0.247. The first kappa shape index (κ1) is 15.1. The first-order chi connectivity index (χ1) is 9.58. The minimum absolute atomic E-state index is 0.598. The molecule has 1 aromatic heterocycles. The van der Waals surface area contributed by atoms with Gasteiger partial charge in [0.2, 0.25) is 0 Å². The fourth-order valence-electron chi connectivity index (χ4n) is 2.70. The Bertz CT molecular complexity index is 528. The van der Waals surface area contributed by atoms with Gasteiger partial charge in [-0.3, -0.25) is 0 Å². The van der Waals surface area contributed by atoms with Crippen LogP contribution in [0.1, 0.15) is 25.8 Å². The molecule has 1 unspecified atom stereocenters. The maximum atomic E-state index is 3.61. The van der Waals surface area contributed by atoms with Crippen LogP contribution in [0, 0.1) is 5.92 Å². The summed E-state index contributed by atoms with van der Waals surface area (Å²) in [6.45, 7) is 6.54. The number of benzene rings is 1. The van der Waals surface area contributed by atoms with Gasteiger partial charge in [0.05, 0.1) is 0 Å². The van der Waals surface area contributed by atoms with Crippen molar-refractivity contribution < 1.29 is 0 Å². The third-order valence-electron chi connectivity index (χ3n) is 3.85. The summed E-state index contributed by atoms with van der Waals surface area (Å²) in [6, 6.07) is 9.20. The third-order valence-corrected chi connectivity index (χ3v) is 3.85. The van der Waals surface area contributed by atoms with Crippen molar-refractivity contribution in [1.29, 1.82) is 0 Å². The SMILES string of the molecule is CC(C)CC(CNCc1cccc2[nH]ccc12)N(C)C. The van der Waals surface area contributed by atoms with Crippen LogP contribution in [-0.4, -0.2) is 36.6 Å². The summed E-state index contributed by atoms with van der Waals surface area (Å²) in [5.41, 5.74) is 2.58. The van der Waals surface area contributed by atoms with Gasteiger partial charge in [0, 0.05) is 36.2 Å². The van der Waals surface area contributed by atoms with Crippen molar-refractivity contribution in [2.24, 2.45) is 5.92 Å². The topological polar surface area (TPSA) is 31.1 Å². The fourth-order valence-corrected chi connectivity index (χ4v) is 2.70. The summed E-state index contributed by atoms with van der Waals surface area (Å²) in [5, 5.41) is 4.94. The first-order valence-electron chi connectivity index (χ1n) is 7.50. The van der Waals surface area contributed by atoms with Crippen LogP contribution in [0.3, 0.4) is 0 Å². The van der Waals surface area contributed by atoms with Crippen molar-refractivity contribution in [1.82, 2.24) is 15.2 Å². The molecule has 0 aliphatic carbocycles. The average Bonchev–Trinajstić information content (AvgIpc) is 2.86. The molecule has 1 aromatic carbocycles. The number of likely N-dealkylation sites (N-methyl/N-ethyl adjacent to an activating group) is 1. The molecule has 2 N–H and O–H groups in total. The molecule has 110 valence electrons. The molecule has 3 heteroatoms. The molecule has 1 atom stereocenters. The van der Waals surface area contributed by atoms with E-state index in [2.05, 4.69) is 67.4 Å². The van der Waals surface area contributed by atoms with Gasteiger partial charge >= 0.3 is 0 Å². The number of nitrogens with zero attached hydrogens (tertiary/aromatic N) is 1. The highest BCUT2D eigenvalue weighted by atomic mass is 15.1. The Kier molecular flexibility index (Phi) is 5.21. The van der Waals surface area contributed by atoms with E-state index in [0.717, 1.165) is 19.0 Å². The molecule has 0 bridgehead atoms. The predicted octanol–water partition coefficient (Wildman–Crippen LogP) is 3.23. The average molecular weight is 273 g/mol. The highest BCUT2D eigenvalue weighted by Gasteiger charge is 2.13. The maximum Gasteiger partial charge on any atom is 0.0457 e. The molecule has 0 aliphatic heterocycles. The van der Waals surface area contributed by atoms with E-state index in [1.165, 1.54) is 22.9 Å². The largest absolute Gasteiger partial charge is 0.361 e. The van der Waals surface area contributed by atoms with Crippen LogP contribution in [0.15, 0.2) is 30.5 Å². The predicted molar refractivity (Wildman–Crippen MR) is 86.9 cm³/mol. The monoisotopic (exact) mass is 273 g/mol. The zero-order valence-corrected chi connectivity index (χ0v) is 13.1. The van der Waals surface area contributed by atoms with E-state index < -0.39 is 0 Å². The smallest absolute Gasteiger partial charge is 0.0457 e. The third kappa shape index (κ3) is 3.84. The Labute approximate surface area is 122 Å². The number of fused-ring (bicyclic) bond motifs is 1. The van der Waals surface area contributed by atoms with Crippen molar-refractivity contribution in [3.05, 3.63) is 36.0 Å². The van der Waals surface area contributed by atoms with Crippen LogP contribution >= 0.6 is 0 Å². The molecule has 0 saturated carbocycles. The number of hydrogen-bond donors (Lipinski definition) is 2. The summed E-state index contributed by atoms with van der Waals surface area (Å²) in [4.78, 5) is 5.59. The molecule has 0 spiro atoms. The minimum Gasteiger partial charge on any atom is -0.361 e. The number of aromatic amines is 1. The molecule has 3 nitrogen and oxygen atoms in total. The van der Waals surface area contributed by atoms with E-state index in [0.29, 0.717) is 6.04 Å². The lowest BCUT2D eigenvalue weighted by atomic mass is 10.0. The molecular weight excluding hydrogens is 246 g/mol. The fraction of sp³-hybridized carbons (Fsp3) is 0.529. The van der Waals surface area contributed by atoms with Gasteiger partial charge in [-0.25, -0.2) is 0 Å². The number of aromatic nitrogens is 1. The number of hydrogen-bond acceptors (Lipinski definition) is 2. The normalized spacial score (nSPS) is 13.5. The second-order valence-corrected chi connectivity index (χ2v) is 6.23. The van der Waals surface area contributed by atoms with Gasteiger partial charge in [0.25, 0.3) is 0 Å². The summed E-state index contributed by atoms with van der Waals surface area (Å²) in [5.74, 6) is 0.734. The number of H-pyrrole nitrogens is 1. The van der Waals surface area contributed by atoms with E-state index in [1.807, 2.05) is 6.20 Å². The zero-order valence-electron chi connectivity index (χ0n) is 13.1. The summed E-state index contributed by atoms with van der Waals surface area (Å²) >= 11 is 0. The quantitative estimate of drug-likeness (QED) is 0.811. The van der Waals surface area contributed by atoms with Crippen molar-refractivity contribution in [2.75, 3.05) is 20.6 Å². The first-order valence-corrected chi connectivity index (χ1v) is 7.50. The Morgan fingerprint density at radius 1 is 1.20 bits per heavy atom. The van der Waals surface area contributed by atoms with Crippen LogP contribution in [0.5, 0.6) is 0 Å². The molecule has 1 heterocycles. The Balaban J connectivity index is 1.93. The van der Waals surface area contributed by atoms with Gasteiger partial charge in [0.15, 0.2) is 0 Å². The van der Waals surface area contributed by atoms with Crippen molar-refractivity contribution >= 4 is 10.9 Å². The molecule has 0 radical (unpaired) electrons. The molecular formula is C17H27N3. The van der Waals surface area contributed by atoms with Crippen LogP contribution in [0.25, 0.3) is 10.9 Å². The lowest BCUT2D eigenvalue weighted by Gasteiger charge is -2.26. The second kappa shape index (κ2) is 6.91. The van der Waals surface area contributed by atoms with Gasteiger partial charge in [-0.05, 0) is 44.1 Å². The minimum atomic E-state index is 0.598. The molecule has 20 heavy (non-hydrogen) atoms. The number of nitrogens with one attached hydrogen (secondary N) is 2. The molecule has 0 saturated heterocycles. The Hall–Kier alpha value is -1.32. The van der Waals surface area contributed by atoms with Crippen LogP contribution in [-0.2, 0) is 6.54 Å². The van der Waals surface area contributed by atoms with E-state index in [-0.39, 0.29) is 0 Å². The van der Waals surface area contributed by atoms with Crippen molar-refractivity contribution in [3.63, 3.8) is 0 Å². The van der Waals surface area contributed by atoms with Crippen molar-refractivity contribution in [2.45, 2.75) is 32.9 Å². The molecule has 2 rings (SSSR count). The molecule has 0 amide bonds. The molecule has 2 aromatic rings. The molecule has 0 aliphatic rings. The standard InChI is InChI=1S/C17H27N3/c1-13(2)10-15(20(3)4)12-18-11-14-6-5-7-17-16(14)8-9-19-17/h5-9,13,15,18-19H,10-12H2,1-4H3. The van der Waals surface area contributed by atoms with Gasteiger partial charge in [-0.1, -0.05) is 26.0 Å². The lowest BCUT2D eigenvalue weighted by Crippen LogP contribution is -2.38. The van der Waals surface area contributed by atoms with Gasteiger partial charge in [0.1, 0.15) is 0 Å². The van der Waals surface area contributed by atoms with Crippen LogP contribution in [0.4, 0.5) is 0 Å². The van der Waals surface area contributed by atoms with Crippen LogP contribution < -0.4 is 5.32 Å². The Morgan fingerprint density at radius 2 is 2.00 bits per heavy atom. The number of rotatable bonds is 7. The van der Waals surface area contributed by atoms with E-state index in [4.69, 9.17) is 0 Å². The van der Waals surface area contributed by atoms with Crippen LogP contribution in [0.2, 0.25) is 0 Å². The van der Waals surface area contributed by atoms with E-state index in [1.54, 1.807) is 0 Å². The highest BCUT2D eigenvalue weighted by Crippen LogP contribution is 2.17. The molecule has 0 fully saturated rings. The summed E-state index contributed by atoms with van der Waals surface area (Å²) in [6.07, 6.45) is 3.24. The van der Waals surface area contributed by atoms with Crippen molar-refractivity contribution in [3.8, 4) is 0 Å². The highest BCUT2D eigenvalue weighted by molar-refractivity contribution is 5.82. The van der Waals surface area contributed by atoms with Gasteiger partial charge in [-0.15, -0.1) is 0 Å². The van der Waals surface area contributed by atoms with Gasteiger partial charge < -0.3 is 15.2 Å². The van der Waals surface area contributed by atoms with E-state index >= 15 is 0 Å².